The van der Waals surface area contributed by atoms with Crippen molar-refractivity contribution in [1.29, 1.82) is 0 Å². The molecule has 6 aromatic carbocycles. The smallest absolute Gasteiger partial charge is 0.220 e. The fourth-order valence-corrected chi connectivity index (χ4v) is 7.56. The molecule has 2 aliphatic rings. The Morgan fingerprint density at radius 2 is 1.33 bits per heavy atom. The Morgan fingerprint density at radius 1 is 0.556 bits per heavy atom. The lowest BCUT2D eigenvalue weighted by atomic mass is 9.93. The van der Waals surface area contributed by atoms with Crippen molar-refractivity contribution in [3.63, 3.8) is 0 Å². The Kier molecular flexibility index (Phi) is 5.08. The number of anilines is 2. The van der Waals surface area contributed by atoms with Crippen LogP contribution in [-0.4, -0.2) is 14.1 Å². The van der Waals surface area contributed by atoms with Crippen LogP contribution >= 0.6 is 0 Å². The van der Waals surface area contributed by atoms with Gasteiger partial charge in [-0.15, -0.1) is 0 Å². The summed E-state index contributed by atoms with van der Waals surface area (Å²) in [6.45, 7) is 0. The first-order valence-corrected chi connectivity index (χ1v) is 15.6. The van der Waals surface area contributed by atoms with Crippen LogP contribution in [0.3, 0.4) is 0 Å². The molecule has 0 fully saturated rings. The van der Waals surface area contributed by atoms with Crippen LogP contribution < -0.4 is 4.90 Å². The maximum absolute atomic E-state index is 5.51. The molecule has 8 aromatic rings. The minimum atomic E-state index is 0.909. The lowest BCUT2D eigenvalue weighted by Crippen LogP contribution is -2.19. The number of benzene rings is 6. The summed E-state index contributed by atoms with van der Waals surface area (Å²) < 4.78 is 4.77. The van der Waals surface area contributed by atoms with E-state index in [1.807, 2.05) is 0 Å². The van der Waals surface area contributed by atoms with Crippen molar-refractivity contribution < 1.29 is 0 Å². The van der Waals surface area contributed by atoms with Gasteiger partial charge >= 0.3 is 0 Å². The standard InChI is InChI=1S/C41H28N4/c1-2-13-28(14-3-1)43-35-19-9-6-18-33(35)34-24-23-29(26-39(34)43)44-36-20-10-7-16-31(36)32-17-8-11-21-37(32)45-38-25-22-27-12-4-5-15-30(27)40(38)42-41(44)45/h1-6,8-15,17-26H,7,16H2. The van der Waals surface area contributed by atoms with Gasteiger partial charge in [0.2, 0.25) is 5.95 Å². The fourth-order valence-electron chi connectivity index (χ4n) is 7.56. The quantitative estimate of drug-likeness (QED) is 0.205. The number of hydrogen-bond donors (Lipinski definition) is 0. The molecule has 0 bridgehead atoms. The molecule has 4 nitrogen and oxygen atoms in total. The molecule has 0 unspecified atom stereocenters. The van der Waals surface area contributed by atoms with Gasteiger partial charge in [-0.2, -0.15) is 0 Å². The third-order valence-corrected chi connectivity index (χ3v) is 9.52. The van der Waals surface area contributed by atoms with Crippen molar-refractivity contribution in [3.05, 3.63) is 157 Å². The van der Waals surface area contributed by atoms with Gasteiger partial charge in [-0.3, -0.25) is 9.47 Å². The van der Waals surface area contributed by atoms with Crippen molar-refractivity contribution in [3.8, 4) is 11.4 Å². The summed E-state index contributed by atoms with van der Waals surface area (Å²) in [4.78, 5) is 7.90. The third-order valence-electron chi connectivity index (χ3n) is 9.52. The van der Waals surface area contributed by atoms with Crippen molar-refractivity contribution in [2.24, 2.45) is 0 Å². The van der Waals surface area contributed by atoms with Crippen LogP contribution in [0.4, 0.5) is 11.6 Å². The van der Waals surface area contributed by atoms with Crippen LogP contribution in [0.2, 0.25) is 0 Å². The van der Waals surface area contributed by atoms with Crippen LogP contribution in [-0.2, 0) is 0 Å². The number of hydrogen-bond acceptors (Lipinski definition) is 2. The minimum absolute atomic E-state index is 0.909. The van der Waals surface area contributed by atoms with Crippen molar-refractivity contribution in [2.45, 2.75) is 12.8 Å². The van der Waals surface area contributed by atoms with Crippen molar-refractivity contribution in [2.75, 3.05) is 4.90 Å². The Morgan fingerprint density at radius 3 is 2.27 bits per heavy atom. The monoisotopic (exact) mass is 576 g/mol. The van der Waals surface area contributed by atoms with E-state index in [0.29, 0.717) is 0 Å². The number of aromatic nitrogens is 3. The highest BCUT2D eigenvalue weighted by molar-refractivity contribution is 6.11. The maximum Gasteiger partial charge on any atom is 0.220 e. The molecule has 4 heteroatoms. The molecule has 0 N–H and O–H groups in total. The molecule has 0 atom stereocenters. The normalized spacial score (nSPS) is 14.3. The van der Waals surface area contributed by atoms with Gasteiger partial charge < -0.3 is 4.57 Å². The zero-order valence-electron chi connectivity index (χ0n) is 24.6. The van der Waals surface area contributed by atoms with Gasteiger partial charge in [0.1, 0.15) is 0 Å². The number of imidazole rings is 1. The molecular weight excluding hydrogens is 548 g/mol. The second-order valence-corrected chi connectivity index (χ2v) is 11.9. The van der Waals surface area contributed by atoms with E-state index in [9.17, 15) is 0 Å². The highest BCUT2D eigenvalue weighted by atomic mass is 15.3. The topological polar surface area (TPSA) is 26.0 Å². The Hall–Kier alpha value is -5.87. The van der Waals surface area contributed by atoms with Crippen LogP contribution in [0.15, 0.2) is 151 Å². The van der Waals surface area contributed by atoms with Crippen molar-refractivity contribution >= 4 is 60.8 Å². The van der Waals surface area contributed by atoms with Crippen molar-refractivity contribution in [1.82, 2.24) is 14.1 Å². The molecule has 0 radical (unpaired) electrons. The van der Waals surface area contributed by atoms with E-state index in [-0.39, 0.29) is 0 Å². The lowest BCUT2D eigenvalue weighted by molar-refractivity contribution is 1.00. The van der Waals surface area contributed by atoms with Gasteiger partial charge in [0.25, 0.3) is 0 Å². The Balaban J connectivity index is 1.33. The SMILES string of the molecule is C1=CC2=C(CC1)c1ccccc1-n1c(nc3c4ccccc4ccc31)N2c1ccc2c3ccccc3n(-c3ccccc3)c2c1. The molecule has 1 aliphatic heterocycles. The average molecular weight is 577 g/mol. The highest BCUT2D eigenvalue weighted by Crippen LogP contribution is 2.46. The average Bonchev–Trinajstić information content (AvgIpc) is 3.61. The first-order valence-electron chi connectivity index (χ1n) is 15.6. The molecule has 0 saturated heterocycles. The zero-order chi connectivity index (χ0) is 29.5. The summed E-state index contributed by atoms with van der Waals surface area (Å²) in [5.41, 5.74) is 11.8. The summed E-state index contributed by atoms with van der Waals surface area (Å²) in [7, 11) is 0. The van der Waals surface area contributed by atoms with E-state index >= 15 is 0 Å². The summed E-state index contributed by atoms with van der Waals surface area (Å²) in [6.07, 6.45) is 6.62. The van der Waals surface area contributed by atoms with E-state index in [4.69, 9.17) is 4.98 Å². The van der Waals surface area contributed by atoms with Crippen LogP contribution in [0.5, 0.6) is 0 Å². The first kappa shape index (κ1) is 24.6. The predicted octanol–water partition coefficient (Wildman–Crippen LogP) is 10.5. The molecule has 1 aliphatic carbocycles. The van der Waals surface area contributed by atoms with Crippen LogP contribution in [0.1, 0.15) is 18.4 Å². The lowest BCUT2D eigenvalue weighted by Gasteiger charge is -2.27. The third kappa shape index (κ3) is 3.45. The Bertz CT molecular complexity index is 2540. The number of rotatable bonds is 2. The van der Waals surface area contributed by atoms with Gasteiger partial charge in [-0.1, -0.05) is 97.1 Å². The molecule has 0 spiro atoms. The van der Waals surface area contributed by atoms with E-state index in [1.54, 1.807) is 0 Å². The summed E-state index contributed by atoms with van der Waals surface area (Å²) in [6, 6.07) is 48.2. The molecule has 3 heterocycles. The fraction of sp³-hybridized carbons (Fsp3) is 0.0488. The molecule has 212 valence electrons. The predicted molar refractivity (Wildman–Crippen MR) is 187 cm³/mol. The highest BCUT2D eigenvalue weighted by Gasteiger charge is 2.31. The molecule has 0 amide bonds. The number of nitrogens with zero attached hydrogens (tertiary/aromatic N) is 4. The molecule has 45 heavy (non-hydrogen) atoms. The van der Waals surface area contributed by atoms with Gasteiger partial charge in [-0.05, 0) is 72.3 Å². The molecule has 10 rings (SSSR count). The van der Waals surface area contributed by atoms with Gasteiger partial charge in [0.05, 0.1) is 39.1 Å². The van der Waals surface area contributed by atoms with Gasteiger partial charge in [0.15, 0.2) is 0 Å². The van der Waals surface area contributed by atoms with E-state index < -0.39 is 0 Å². The first-order chi connectivity index (χ1) is 22.3. The van der Waals surface area contributed by atoms with E-state index in [0.717, 1.165) is 41.2 Å². The number of para-hydroxylation sites is 3. The maximum atomic E-state index is 5.51. The number of allylic oxidation sites excluding steroid dienone is 3. The molecule has 0 saturated carbocycles. The minimum Gasteiger partial charge on any atom is -0.309 e. The van der Waals surface area contributed by atoms with E-state index in [1.165, 1.54) is 55.1 Å². The van der Waals surface area contributed by atoms with Crippen LogP contribution in [0.25, 0.3) is 60.6 Å². The second kappa shape index (κ2) is 9.31. The molecular formula is C41H28N4. The van der Waals surface area contributed by atoms with E-state index in [2.05, 4.69) is 160 Å². The Labute approximate surface area is 260 Å². The summed E-state index contributed by atoms with van der Waals surface area (Å²) in [5.74, 6) is 0.909. The summed E-state index contributed by atoms with van der Waals surface area (Å²) in [5, 5.41) is 4.86. The molecule has 2 aromatic heterocycles. The van der Waals surface area contributed by atoms with Gasteiger partial charge in [0, 0.05) is 27.4 Å². The largest absolute Gasteiger partial charge is 0.309 e. The summed E-state index contributed by atoms with van der Waals surface area (Å²) >= 11 is 0. The zero-order valence-corrected chi connectivity index (χ0v) is 24.6. The van der Waals surface area contributed by atoms with Gasteiger partial charge in [-0.25, -0.2) is 4.98 Å². The number of fused-ring (bicyclic) bond motifs is 11. The van der Waals surface area contributed by atoms with Crippen LogP contribution in [0, 0.1) is 0 Å². The second-order valence-electron chi connectivity index (χ2n) is 11.9.